The highest BCUT2D eigenvalue weighted by Crippen LogP contribution is 2.42. The van der Waals surface area contributed by atoms with E-state index in [0.29, 0.717) is 33.6 Å². The first-order chi connectivity index (χ1) is 29.2. The molecule has 2 heterocycles. The number of hydrogen-bond acceptors (Lipinski definition) is 3. The predicted molar refractivity (Wildman–Crippen MR) is 245 cm³/mol. The largest absolute Gasteiger partial charge is 0.308 e. The van der Waals surface area contributed by atoms with Crippen LogP contribution in [0.15, 0.2) is 152 Å². The number of nitrogens with zero attached hydrogens (tertiary/aromatic N) is 5. The van der Waals surface area contributed by atoms with Gasteiger partial charge in [0.15, 0.2) is 0 Å². The molecule has 0 unspecified atom stereocenters. The van der Waals surface area contributed by atoms with E-state index in [1.165, 1.54) is 33.4 Å². The summed E-state index contributed by atoms with van der Waals surface area (Å²) < 4.78 is 4.40. The third-order valence-electron chi connectivity index (χ3n) is 11.9. The number of aryl methyl sites for hydroxylation is 4. The fourth-order valence-electron chi connectivity index (χ4n) is 9.24. The number of fused-ring (bicyclic) bond motifs is 6. The summed E-state index contributed by atoms with van der Waals surface area (Å²) in [5, 5.41) is 35.8. The minimum Gasteiger partial charge on any atom is -0.308 e. The van der Waals surface area contributed by atoms with Crippen LogP contribution in [-0.4, -0.2) is 9.13 Å². The van der Waals surface area contributed by atoms with E-state index in [9.17, 15) is 15.8 Å². The zero-order chi connectivity index (χ0) is 41.2. The van der Waals surface area contributed by atoms with Crippen molar-refractivity contribution in [3.63, 3.8) is 0 Å². The van der Waals surface area contributed by atoms with Crippen LogP contribution in [0.4, 0.5) is 0 Å². The van der Waals surface area contributed by atoms with Gasteiger partial charge in [-0.3, -0.25) is 0 Å². The van der Waals surface area contributed by atoms with Gasteiger partial charge in [-0.15, -0.1) is 0 Å². The standard InChI is InChI=1S/C55H37N5/c1-33-13-17-43(35(3)21-33)39-15-19-52-47(26-39)45-9-5-7-11-50(45)59(52)54-28-42(41-24-37(30-56)23-38(25-41)31-57)29-55(49(54)32-58)60-51-12-8-6-10-46(51)48-27-40(16-20-53(48)60)44-18-14-34(2)22-36(44)4/h5-29H,1-4H3. The van der Waals surface area contributed by atoms with Crippen LogP contribution in [0.3, 0.4) is 0 Å². The molecule has 0 aliphatic rings. The summed E-state index contributed by atoms with van der Waals surface area (Å²) in [5.74, 6) is 0. The maximum absolute atomic E-state index is 11.4. The van der Waals surface area contributed by atoms with Crippen molar-refractivity contribution in [1.82, 2.24) is 9.13 Å². The number of aromatic nitrogens is 2. The van der Waals surface area contributed by atoms with Gasteiger partial charge in [0.2, 0.25) is 0 Å². The highest BCUT2D eigenvalue weighted by atomic mass is 15.0. The maximum atomic E-state index is 11.4. The average molecular weight is 768 g/mol. The van der Waals surface area contributed by atoms with Crippen molar-refractivity contribution in [1.29, 1.82) is 15.8 Å². The summed E-state index contributed by atoms with van der Waals surface area (Å²) in [7, 11) is 0. The van der Waals surface area contributed by atoms with Crippen LogP contribution >= 0.6 is 0 Å². The lowest BCUT2D eigenvalue weighted by molar-refractivity contribution is 1.12. The van der Waals surface area contributed by atoms with Gasteiger partial charge in [0.1, 0.15) is 11.6 Å². The Hall–Kier alpha value is -8.17. The average Bonchev–Trinajstić information content (AvgIpc) is 3.77. The molecule has 282 valence electrons. The molecule has 5 nitrogen and oxygen atoms in total. The topological polar surface area (TPSA) is 81.2 Å². The lowest BCUT2D eigenvalue weighted by Crippen LogP contribution is -2.05. The van der Waals surface area contributed by atoms with Gasteiger partial charge in [0, 0.05) is 21.5 Å². The summed E-state index contributed by atoms with van der Waals surface area (Å²) in [6, 6.07) is 59.5. The van der Waals surface area contributed by atoms with Crippen LogP contribution < -0.4 is 0 Å². The van der Waals surface area contributed by atoms with Gasteiger partial charge >= 0.3 is 0 Å². The van der Waals surface area contributed by atoms with Crippen LogP contribution in [-0.2, 0) is 0 Å². The van der Waals surface area contributed by atoms with E-state index < -0.39 is 0 Å². The van der Waals surface area contributed by atoms with Crippen molar-refractivity contribution in [3.8, 4) is 63.0 Å². The lowest BCUT2D eigenvalue weighted by Gasteiger charge is -2.19. The van der Waals surface area contributed by atoms with Crippen LogP contribution in [0.1, 0.15) is 38.9 Å². The number of hydrogen-bond donors (Lipinski definition) is 0. The Morgan fingerprint density at radius 1 is 0.367 bits per heavy atom. The highest BCUT2D eigenvalue weighted by molar-refractivity contribution is 6.12. The minimum atomic E-state index is 0.392. The van der Waals surface area contributed by atoms with Gasteiger partial charge in [-0.2, -0.15) is 15.8 Å². The molecule has 2 aromatic heterocycles. The molecule has 5 heteroatoms. The summed E-state index contributed by atoms with van der Waals surface area (Å²) in [6.07, 6.45) is 0. The second-order valence-corrected chi connectivity index (χ2v) is 15.8. The number of para-hydroxylation sites is 2. The van der Waals surface area contributed by atoms with E-state index in [1.54, 1.807) is 6.07 Å². The number of benzene rings is 8. The van der Waals surface area contributed by atoms with Gasteiger partial charge < -0.3 is 9.13 Å². The monoisotopic (exact) mass is 767 g/mol. The zero-order valence-electron chi connectivity index (χ0n) is 33.7. The van der Waals surface area contributed by atoms with Gasteiger partial charge in [0.25, 0.3) is 0 Å². The SMILES string of the molecule is Cc1ccc(-c2ccc3c(c2)c2ccccc2n3-c2cc(-c3cc(C#N)cc(C#N)c3)cc(-n3c4ccccc4c4cc(-c5ccc(C)cc5C)ccc43)c2C#N)c(C)c1. The van der Waals surface area contributed by atoms with Gasteiger partial charge in [0.05, 0.1) is 56.7 Å². The van der Waals surface area contributed by atoms with E-state index in [-0.39, 0.29) is 0 Å². The van der Waals surface area contributed by atoms with Crippen molar-refractivity contribution in [3.05, 3.63) is 191 Å². The molecule has 0 aliphatic heterocycles. The van der Waals surface area contributed by atoms with Crippen molar-refractivity contribution >= 4 is 43.6 Å². The summed E-state index contributed by atoms with van der Waals surface area (Å²) >= 11 is 0. The highest BCUT2D eigenvalue weighted by Gasteiger charge is 2.23. The molecule has 0 atom stereocenters. The number of nitriles is 3. The van der Waals surface area contributed by atoms with Crippen molar-refractivity contribution < 1.29 is 0 Å². The van der Waals surface area contributed by atoms with Crippen LogP contribution in [0.25, 0.3) is 88.4 Å². The number of rotatable bonds is 5. The first kappa shape index (κ1) is 36.2. The van der Waals surface area contributed by atoms with Crippen molar-refractivity contribution in [2.75, 3.05) is 0 Å². The Kier molecular flexibility index (Phi) is 8.47. The van der Waals surface area contributed by atoms with Gasteiger partial charge in [-0.1, -0.05) is 96.1 Å². The fourth-order valence-corrected chi connectivity index (χ4v) is 9.24. The molecule has 0 aliphatic carbocycles. The fraction of sp³-hybridized carbons (Fsp3) is 0.0727. The first-order valence-electron chi connectivity index (χ1n) is 20.0. The van der Waals surface area contributed by atoms with Crippen molar-refractivity contribution in [2.24, 2.45) is 0 Å². The first-order valence-corrected chi connectivity index (χ1v) is 20.0. The molecular weight excluding hydrogens is 731 g/mol. The lowest BCUT2D eigenvalue weighted by atomic mass is 9.96. The third kappa shape index (κ3) is 5.74. The molecule has 60 heavy (non-hydrogen) atoms. The summed E-state index contributed by atoms with van der Waals surface area (Å²) in [4.78, 5) is 0. The normalized spacial score (nSPS) is 11.3. The summed E-state index contributed by atoms with van der Waals surface area (Å²) in [6.45, 7) is 8.53. The van der Waals surface area contributed by atoms with E-state index in [4.69, 9.17) is 0 Å². The smallest absolute Gasteiger partial charge is 0.104 e. The Labute approximate surface area is 348 Å². The van der Waals surface area contributed by atoms with Gasteiger partial charge in [-0.05, 0) is 139 Å². The van der Waals surface area contributed by atoms with E-state index in [2.05, 4.69) is 164 Å². The molecule has 0 fully saturated rings. The third-order valence-corrected chi connectivity index (χ3v) is 11.9. The molecule has 0 spiro atoms. The molecule has 0 radical (unpaired) electrons. The predicted octanol–water partition coefficient (Wildman–Crippen LogP) is 13.7. The van der Waals surface area contributed by atoms with Crippen molar-refractivity contribution in [2.45, 2.75) is 27.7 Å². The second-order valence-electron chi connectivity index (χ2n) is 15.8. The van der Waals surface area contributed by atoms with Gasteiger partial charge in [-0.25, -0.2) is 0 Å². The molecule has 0 saturated heterocycles. The van der Waals surface area contributed by atoms with E-state index in [1.807, 2.05) is 36.4 Å². The molecule has 8 aromatic carbocycles. The van der Waals surface area contributed by atoms with E-state index >= 15 is 0 Å². The molecule has 10 aromatic rings. The molecular formula is C55H37N5. The zero-order valence-corrected chi connectivity index (χ0v) is 33.7. The maximum Gasteiger partial charge on any atom is 0.104 e. The van der Waals surface area contributed by atoms with Crippen LogP contribution in [0.5, 0.6) is 0 Å². The van der Waals surface area contributed by atoms with E-state index in [0.717, 1.165) is 60.3 Å². The Morgan fingerprint density at radius 2 is 0.800 bits per heavy atom. The molecule has 0 N–H and O–H groups in total. The quantitative estimate of drug-likeness (QED) is 0.175. The Morgan fingerprint density at radius 3 is 1.23 bits per heavy atom. The Balaban J connectivity index is 1.31. The van der Waals surface area contributed by atoms with Crippen LogP contribution in [0.2, 0.25) is 0 Å². The Bertz CT molecular complexity index is 3350. The van der Waals surface area contributed by atoms with Crippen LogP contribution in [0, 0.1) is 61.7 Å². The molecule has 0 bridgehead atoms. The minimum absolute atomic E-state index is 0.392. The molecule has 0 saturated carbocycles. The molecule has 0 amide bonds. The second kappa shape index (κ2) is 14.0. The molecule has 10 rings (SSSR count). The summed E-state index contributed by atoms with van der Waals surface area (Å²) in [5.41, 5.74) is 17.5.